The van der Waals surface area contributed by atoms with Gasteiger partial charge in [-0.3, -0.25) is 10.1 Å². The van der Waals surface area contributed by atoms with Crippen molar-refractivity contribution in [2.75, 3.05) is 6.54 Å². The van der Waals surface area contributed by atoms with Crippen molar-refractivity contribution in [2.45, 2.75) is 50.1 Å². The van der Waals surface area contributed by atoms with Gasteiger partial charge in [-0.1, -0.05) is 43.2 Å². The molecule has 6 heteroatoms. The predicted octanol–water partition coefficient (Wildman–Crippen LogP) is 4.50. The van der Waals surface area contributed by atoms with Crippen molar-refractivity contribution in [2.24, 2.45) is 5.92 Å². The molecule has 3 atom stereocenters. The standard InChI is InChI=1S/C26H29FN4O/c27-20-10-6-9-19(15-20)25-22(23-13-14-31(30-23)21-11-2-1-3-12-21)16-24(29-25)26(32)28-17-18-7-4-5-8-18/h1-3,6,9-15,18,22,24-25,29H,4-5,7-8,16-17H2,(H,28,32)/t22-,24+,25+/m1/s1. The number of carbonyl (C=O) groups is 1. The number of hydrogen-bond donors (Lipinski definition) is 2. The third kappa shape index (κ3) is 4.46. The first-order chi connectivity index (χ1) is 15.7. The Kier molecular flexibility index (Phi) is 6.04. The van der Waals surface area contributed by atoms with Crippen LogP contribution >= 0.6 is 0 Å². The molecule has 2 aliphatic rings. The summed E-state index contributed by atoms with van der Waals surface area (Å²) in [6, 6.07) is 18.1. The summed E-state index contributed by atoms with van der Waals surface area (Å²) in [6.07, 6.45) is 7.49. The molecule has 32 heavy (non-hydrogen) atoms. The van der Waals surface area contributed by atoms with Crippen molar-refractivity contribution in [3.63, 3.8) is 0 Å². The molecule has 1 aliphatic carbocycles. The zero-order valence-corrected chi connectivity index (χ0v) is 18.1. The highest BCUT2D eigenvalue weighted by Crippen LogP contribution is 2.40. The maximum absolute atomic E-state index is 14.0. The van der Waals surface area contributed by atoms with Crippen molar-refractivity contribution in [3.8, 4) is 5.69 Å². The fraction of sp³-hybridized carbons (Fsp3) is 0.385. The number of halogens is 1. The first-order valence-corrected chi connectivity index (χ1v) is 11.6. The summed E-state index contributed by atoms with van der Waals surface area (Å²) in [5, 5.41) is 11.4. The van der Waals surface area contributed by atoms with E-state index in [-0.39, 0.29) is 29.7 Å². The summed E-state index contributed by atoms with van der Waals surface area (Å²) in [5.41, 5.74) is 2.73. The van der Waals surface area contributed by atoms with Crippen LogP contribution in [0.1, 0.15) is 55.3 Å². The highest BCUT2D eigenvalue weighted by molar-refractivity contribution is 5.82. The smallest absolute Gasteiger partial charge is 0.237 e. The molecule has 166 valence electrons. The van der Waals surface area contributed by atoms with Gasteiger partial charge in [-0.05, 0) is 61.1 Å². The Balaban J connectivity index is 1.37. The topological polar surface area (TPSA) is 59.0 Å². The van der Waals surface area contributed by atoms with E-state index >= 15 is 0 Å². The molecule has 0 radical (unpaired) electrons. The van der Waals surface area contributed by atoms with Crippen LogP contribution in [0.15, 0.2) is 66.9 Å². The van der Waals surface area contributed by atoms with Gasteiger partial charge in [-0.15, -0.1) is 0 Å². The van der Waals surface area contributed by atoms with Gasteiger partial charge in [0.05, 0.1) is 17.4 Å². The molecule has 1 amide bonds. The molecule has 2 heterocycles. The number of nitrogens with one attached hydrogen (secondary N) is 2. The summed E-state index contributed by atoms with van der Waals surface area (Å²) in [7, 11) is 0. The highest BCUT2D eigenvalue weighted by atomic mass is 19.1. The van der Waals surface area contributed by atoms with Crippen molar-refractivity contribution in [1.29, 1.82) is 0 Å². The van der Waals surface area contributed by atoms with E-state index in [0.29, 0.717) is 12.3 Å². The molecule has 5 rings (SSSR count). The number of carbonyl (C=O) groups excluding carboxylic acids is 1. The molecular weight excluding hydrogens is 403 g/mol. The molecule has 0 spiro atoms. The van der Waals surface area contributed by atoms with Crippen LogP contribution in [0.25, 0.3) is 5.69 Å². The van der Waals surface area contributed by atoms with Gasteiger partial charge in [0.2, 0.25) is 5.91 Å². The van der Waals surface area contributed by atoms with Crippen molar-refractivity contribution >= 4 is 5.91 Å². The number of rotatable bonds is 6. The first-order valence-electron chi connectivity index (χ1n) is 11.6. The van der Waals surface area contributed by atoms with Gasteiger partial charge < -0.3 is 5.32 Å². The SMILES string of the molecule is O=C(NCC1CCCC1)[C@@H]1C[C@H](c2ccn(-c3ccccc3)n2)[C@H](c2cccc(F)c2)N1. The van der Waals surface area contributed by atoms with E-state index in [1.807, 2.05) is 53.3 Å². The molecule has 5 nitrogen and oxygen atoms in total. The number of benzene rings is 2. The summed E-state index contributed by atoms with van der Waals surface area (Å²) < 4.78 is 15.9. The second-order valence-corrected chi connectivity index (χ2v) is 9.01. The fourth-order valence-electron chi connectivity index (χ4n) is 5.14. The maximum Gasteiger partial charge on any atom is 0.237 e. The number of para-hydroxylation sites is 1. The van der Waals surface area contributed by atoms with E-state index in [4.69, 9.17) is 5.10 Å². The van der Waals surface area contributed by atoms with E-state index in [1.54, 1.807) is 12.1 Å². The Morgan fingerprint density at radius 2 is 1.91 bits per heavy atom. The fourth-order valence-corrected chi connectivity index (χ4v) is 5.14. The third-order valence-electron chi connectivity index (χ3n) is 6.85. The van der Waals surface area contributed by atoms with E-state index in [2.05, 4.69) is 10.6 Å². The molecule has 3 aromatic rings. The molecular formula is C26H29FN4O. The van der Waals surface area contributed by atoms with Crippen LogP contribution in [0, 0.1) is 11.7 Å². The number of hydrogen-bond acceptors (Lipinski definition) is 3. The van der Waals surface area contributed by atoms with Crippen LogP contribution in [-0.2, 0) is 4.79 Å². The van der Waals surface area contributed by atoms with Crippen LogP contribution < -0.4 is 10.6 Å². The minimum atomic E-state index is -0.323. The van der Waals surface area contributed by atoms with Gasteiger partial charge >= 0.3 is 0 Å². The van der Waals surface area contributed by atoms with Gasteiger partial charge in [-0.25, -0.2) is 9.07 Å². The average molecular weight is 433 g/mol. The number of nitrogens with zero attached hydrogens (tertiary/aromatic N) is 2. The summed E-state index contributed by atoms with van der Waals surface area (Å²) >= 11 is 0. The Bertz CT molecular complexity index is 1060. The van der Waals surface area contributed by atoms with Gasteiger partial charge in [0.1, 0.15) is 5.82 Å². The van der Waals surface area contributed by atoms with E-state index in [9.17, 15) is 9.18 Å². The lowest BCUT2D eigenvalue weighted by Gasteiger charge is -2.19. The number of amides is 1. The summed E-state index contributed by atoms with van der Waals surface area (Å²) in [5.74, 6) is 0.330. The van der Waals surface area contributed by atoms with Crippen molar-refractivity contribution in [3.05, 3.63) is 83.9 Å². The minimum Gasteiger partial charge on any atom is -0.354 e. The quantitative estimate of drug-likeness (QED) is 0.603. The molecule has 0 bridgehead atoms. The average Bonchev–Trinajstić information content (AvgIpc) is 3.58. The monoisotopic (exact) mass is 432 g/mol. The van der Waals surface area contributed by atoms with Gasteiger partial charge in [0, 0.05) is 24.7 Å². The minimum absolute atomic E-state index is 0.0241. The zero-order chi connectivity index (χ0) is 21.9. The Morgan fingerprint density at radius 1 is 1.09 bits per heavy atom. The third-order valence-corrected chi connectivity index (χ3v) is 6.85. The largest absolute Gasteiger partial charge is 0.354 e. The number of aromatic nitrogens is 2. The normalized spacial score (nSPS) is 23.5. The molecule has 1 aliphatic heterocycles. The summed E-state index contributed by atoms with van der Waals surface area (Å²) in [6.45, 7) is 0.745. The second kappa shape index (κ2) is 9.25. The van der Waals surface area contributed by atoms with E-state index in [1.165, 1.54) is 31.7 Å². The molecule has 0 unspecified atom stereocenters. The Morgan fingerprint density at radius 3 is 2.69 bits per heavy atom. The lowest BCUT2D eigenvalue weighted by molar-refractivity contribution is -0.123. The molecule has 1 saturated carbocycles. The van der Waals surface area contributed by atoms with Crippen LogP contribution in [0.5, 0.6) is 0 Å². The molecule has 2 N–H and O–H groups in total. The van der Waals surface area contributed by atoms with Gasteiger partial charge in [0.25, 0.3) is 0 Å². The van der Waals surface area contributed by atoms with Crippen LogP contribution in [0.2, 0.25) is 0 Å². The van der Waals surface area contributed by atoms with Crippen LogP contribution in [-0.4, -0.2) is 28.3 Å². The maximum atomic E-state index is 14.0. The first kappa shape index (κ1) is 20.9. The molecule has 2 aromatic carbocycles. The second-order valence-electron chi connectivity index (χ2n) is 9.01. The van der Waals surface area contributed by atoms with Crippen molar-refractivity contribution in [1.82, 2.24) is 20.4 Å². The van der Waals surface area contributed by atoms with Crippen molar-refractivity contribution < 1.29 is 9.18 Å². The lowest BCUT2D eigenvalue weighted by atomic mass is 9.90. The molecule has 2 fully saturated rings. The lowest BCUT2D eigenvalue weighted by Crippen LogP contribution is -2.42. The van der Waals surface area contributed by atoms with Crippen LogP contribution in [0.3, 0.4) is 0 Å². The molecule has 1 saturated heterocycles. The van der Waals surface area contributed by atoms with Crippen LogP contribution in [0.4, 0.5) is 4.39 Å². The zero-order valence-electron chi connectivity index (χ0n) is 18.1. The summed E-state index contributed by atoms with van der Waals surface area (Å²) in [4.78, 5) is 13.0. The Hall–Kier alpha value is -2.99. The van der Waals surface area contributed by atoms with Gasteiger partial charge in [0.15, 0.2) is 0 Å². The molecule has 1 aromatic heterocycles. The highest BCUT2D eigenvalue weighted by Gasteiger charge is 2.40. The van der Waals surface area contributed by atoms with E-state index in [0.717, 1.165) is 23.5 Å². The predicted molar refractivity (Wildman–Crippen MR) is 122 cm³/mol. The van der Waals surface area contributed by atoms with Gasteiger partial charge in [-0.2, -0.15) is 5.10 Å². The Labute approximate surface area is 188 Å². The van der Waals surface area contributed by atoms with E-state index < -0.39 is 0 Å².